The molecule has 1 aromatic rings. The Kier molecular flexibility index (Phi) is 2.53. The number of hydrogen-bond donors (Lipinski definition) is 1. The van der Waals surface area contributed by atoms with E-state index in [2.05, 4.69) is 0 Å². The van der Waals surface area contributed by atoms with Crippen LogP contribution in [-0.2, 0) is 5.41 Å². The first kappa shape index (κ1) is 10.3. The van der Waals surface area contributed by atoms with Gasteiger partial charge in [0.05, 0.1) is 5.69 Å². The first-order chi connectivity index (χ1) is 5.82. The summed E-state index contributed by atoms with van der Waals surface area (Å²) in [5.41, 5.74) is 6.36. The number of nitrogen functional groups attached to an aromatic ring is 1. The maximum Gasteiger partial charge on any atom is 0.147 e. The molecule has 0 heterocycles. The fourth-order valence-corrected chi connectivity index (χ4v) is 1.57. The molecule has 0 aliphatic heterocycles. The van der Waals surface area contributed by atoms with Crippen molar-refractivity contribution < 1.29 is 4.39 Å². The standard InChI is InChI=1S/C10H13ClFN/c1-10(2,3)6-4-9(13)8(12)5-7(6)11/h4-5H,13H2,1-3H3. The van der Waals surface area contributed by atoms with Crippen LogP contribution in [0.15, 0.2) is 12.1 Å². The molecular weight excluding hydrogens is 189 g/mol. The Morgan fingerprint density at radius 2 is 1.85 bits per heavy atom. The predicted octanol–water partition coefficient (Wildman–Crippen LogP) is 3.36. The van der Waals surface area contributed by atoms with Crippen LogP contribution in [0.1, 0.15) is 26.3 Å². The number of anilines is 1. The molecule has 72 valence electrons. The van der Waals surface area contributed by atoms with Crippen LogP contribution >= 0.6 is 11.6 Å². The Morgan fingerprint density at radius 3 is 2.31 bits per heavy atom. The van der Waals surface area contributed by atoms with Crippen LogP contribution in [0.2, 0.25) is 5.02 Å². The van der Waals surface area contributed by atoms with Gasteiger partial charge in [0.1, 0.15) is 5.82 Å². The topological polar surface area (TPSA) is 26.0 Å². The van der Waals surface area contributed by atoms with E-state index in [0.717, 1.165) is 5.56 Å². The minimum Gasteiger partial charge on any atom is -0.396 e. The zero-order valence-corrected chi connectivity index (χ0v) is 8.74. The van der Waals surface area contributed by atoms with Crippen molar-refractivity contribution in [3.63, 3.8) is 0 Å². The maximum atomic E-state index is 12.9. The second-order valence-corrected chi connectivity index (χ2v) is 4.51. The number of halogens is 2. The summed E-state index contributed by atoms with van der Waals surface area (Å²) in [6, 6.07) is 2.86. The van der Waals surface area contributed by atoms with E-state index in [1.54, 1.807) is 6.07 Å². The molecule has 2 N–H and O–H groups in total. The molecule has 0 aromatic heterocycles. The van der Waals surface area contributed by atoms with Crippen LogP contribution in [-0.4, -0.2) is 0 Å². The molecule has 1 aromatic carbocycles. The Morgan fingerprint density at radius 1 is 1.31 bits per heavy atom. The summed E-state index contributed by atoms with van der Waals surface area (Å²) in [5, 5.41) is 0.430. The van der Waals surface area contributed by atoms with Gasteiger partial charge in [-0.25, -0.2) is 4.39 Å². The molecule has 1 nitrogen and oxygen atoms in total. The largest absolute Gasteiger partial charge is 0.396 e. The SMILES string of the molecule is CC(C)(C)c1cc(N)c(F)cc1Cl. The van der Waals surface area contributed by atoms with Crippen molar-refractivity contribution in [1.82, 2.24) is 0 Å². The second kappa shape index (κ2) is 3.18. The molecule has 0 saturated carbocycles. The van der Waals surface area contributed by atoms with Crippen molar-refractivity contribution in [3.05, 3.63) is 28.5 Å². The molecule has 0 fully saturated rings. The van der Waals surface area contributed by atoms with Gasteiger partial charge in [-0.05, 0) is 23.1 Å². The fourth-order valence-electron chi connectivity index (χ4n) is 1.14. The Bertz CT molecular complexity index is 328. The molecule has 0 saturated heterocycles. The molecule has 0 bridgehead atoms. The lowest BCUT2D eigenvalue weighted by Crippen LogP contribution is -2.12. The highest BCUT2D eigenvalue weighted by molar-refractivity contribution is 6.31. The van der Waals surface area contributed by atoms with E-state index in [1.807, 2.05) is 20.8 Å². The van der Waals surface area contributed by atoms with Crippen LogP contribution in [0.25, 0.3) is 0 Å². The maximum absolute atomic E-state index is 12.9. The highest BCUT2D eigenvalue weighted by atomic mass is 35.5. The second-order valence-electron chi connectivity index (χ2n) is 4.10. The van der Waals surface area contributed by atoms with E-state index >= 15 is 0 Å². The van der Waals surface area contributed by atoms with Crippen molar-refractivity contribution in [2.24, 2.45) is 0 Å². The summed E-state index contributed by atoms with van der Waals surface area (Å²) in [6.45, 7) is 6.02. The van der Waals surface area contributed by atoms with E-state index in [4.69, 9.17) is 17.3 Å². The molecule has 0 radical (unpaired) electrons. The smallest absolute Gasteiger partial charge is 0.147 e. The average molecular weight is 202 g/mol. The molecule has 0 aliphatic rings. The molecule has 0 unspecified atom stereocenters. The van der Waals surface area contributed by atoms with Gasteiger partial charge >= 0.3 is 0 Å². The molecule has 0 amide bonds. The van der Waals surface area contributed by atoms with Crippen LogP contribution in [0.5, 0.6) is 0 Å². The number of nitrogens with two attached hydrogens (primary N) is 1. The van der Waals surface area contributed by atoms with E-state index < -0.39 is 5.82 Å². The third-order valence-corrected chi connectivity index (χ3v) is 2.21. The number of rotatable bonds is 0. The minimum absolute atomic E-state index is 0.112. The van der Waals surface area contributed by atoms with Gasteiger partial charge < -0.3 is 5.73 Å². The van der Waals surface area contributed by atoms with Crippen LogP contribution in [0.3, 0.4) is 0 Å². The third-order valence-electron chi connectivity index (χ3n) is 1.89. The molecule has 0 atom stereocenters. The molecule has 1 rings (SSSR count). The first-order valence-electron chi connectivity index (χ1n) is 4.07. The van der Waals surface area contributed by atoms with Crippen molar-refractivity contribution in [1.29, 1.82) is 0 Å². The van der Waals surface area contributed by atoms with Gasteiger partial charge in [-0.15, -0.1) is 0 Å². The predicted molar refractivity (Wildman–Crippen MR) is 54.5 cm³/mol. The summed E-state index contributed by atoms with van der Waals surface area (Å²) in [6.07, 6.45) is 0. The quantitative estimate of drug-likeness (QED) is 0.640. The third kappa shape index (κ3) is 2.13. The van der Waals surface area contributed by atoms with Crippen LogP contribution in [0, 0.1) is 5.82 Å². The van der Waals surface area contributed by atoms with E-state index in [-0.39, 0.29) is 11.1 Å². The van der Waals surface area contributed by atoms with E-state index in [0.29, 0.717) is 5.02 Å². The van der Waals surface area contributed by atoms with Crippen molar-refractivity contribution in [3.8, 4) is 0 Å². The Hall–Kier alpha value is -0.760. The van der Waals surface area contributed by atoms with Crippen LogP contribution < -0.4 is 5.73 Å². The van der Waals surface area contributed by atoms with Crippen molar-refractivity contribution in [2.75, 3.05) is 5.73 Å². The molecule has 3 heteroatoms. The van der Waals surface area contributed by atoms with Gasteiger partial charge in [-0.1, -0.05) is 32.4 Å². The Balaban J connectivity index is 3.32. The zero-order chi connectivity index (χ0) is 10.2. The summed E-state index contributed by atoms with van der Waals surface area (Å²) in [5.74, 6) is -0.460. The van der Waals surface area contributed by atoms with Gasteiger partial charge in [-0.3, -0.25) is 0 Å². The summed E-state index contributed by atoms with van der Waals surface area (Å²) >= 11 is 5.89. The first-order valence-corrected chi connectivity index (χ1v) is 4.45. The normalized spacial score (nSPS) is 11.8. The zero-order valence-electron chi connectivity index (χ0n) is 7.99. The monoisotopic (exact) mass is 201 g/mol. The molecule has 0 aliphatic carbocycles. The highest BCUT2D eigenvalue weighted by Crippen LogP contribution is 2.32. The fraction of sp³-hybridized carbons (Fsp3) is 0.400. The highest BCUT2D eigenvalue weighted by Gasteiger charge is 2.18. The summed E-state index contributed by atoms with van der Waals surface area (Å²) < 4.78 is 12.9. The molecule has 13 heavy (non-hydrogen) atoms. The lowest BCUT2D eigenvalue weighted by Gasteiger charge is -2.21. The number of hydrogen-bond acceptors (Lipinski definition) is 1. The van der Waals surface area contributed by atoms with Crippen molar-refractivity contribution in [2.45, 2.75) is 26.2 Å². The Labute approximate surface area is 82.7 Å². The van der Waals surface area contributed by atoms with Crippen molar-refractivity contribution >= 4 is 17.3 Å². The van der Waals surface area contributed by atoms with Crippen LogP contribution in [0.4, 0.5) is 10.1 Å². The van der Waals surface area contributed by atoms with E-state index in [1.165, 1.54) is 6.07 Å². The lowest BCUT2D eigenvalue weighted by atomic mass is 9.87. The summed E-state index contributed by atoms with van der Waals surface area (Å²) in [4.78, 5) is 0. The van der Waals surface area contributed by atoms with Gasteiger partial charge in [0.15, 0.2) is 0 Å². The van der Waals surface area contributed by atoms with Gasteiger partial charge in [0.2, 0.25) is 0 Å². The lowest BCUT2D eigenvalue weighted by molar-refractivity contribution is 0.584. The average Bonchev–Trinajstić information content (AvgIpc) is 1.94. The van der Waals surface area contributed by atoms with Gasteiger partial charge in [0, 0.05) is 5.02 Å². The molecular formula is C10H13ClFN. The van der Waals surface area contributed by atoms with Gasteiger partial charge in [0.25, 0.3) is 0 Å². The van der Waals surface area contributed by atoms with E-state index in [9.17, 15) is 4.39 Å². The number of benzene rings is 1. The molecule has 0 spiro atoms. The van der Waals surface area contributed by atoms with Gasteiger partial charge in [-0.2, -0.15) is 0 Å². The summed E-state index contributed by atoms with van der Waals surface area (Å²) in [7, 11) is 0. The minimum atomic E-state index is -0.460.